The molecule has 10 heteroatoms. The van der Waals surface area contributed by atoms with E-state index < -0.39 is 25.6 Å². The van der Waals surface area contributed by atoms with Crippen LogP contribution in [0.15, 0.2) is 0 Å². The van der Waals surface area contributed by atoms with Gasteiger partial charge in [0.05, 0.1) is 0 Å². The monoisotopic (exact) mass is 244 g/mol. The fourth-order valence-electron chi connectivity index (χ4n) is 0. The molecule has 0 amide bonds. The average molecular weight is 244 g/mol. The number of alkyl halides is 6. The summed E-state index contributed by atoms with van der Waals surface area (Å²) in [6, 6.07) is 0. The number of rotatable bonds is 0. The zero-order chi connectivity index (χ0) is 10.4. The molecular weight excluding hydrogens is 240 g/mol. The largest absolute Gasteiger partial charge is 1.00 e. The van der Waals surface area contributed by atoms with Crippen LogP contribution in [0.25, 0.3) is 0 Å². The van der Waals surface area contributed by atoms with Crippen LogP contribution in [0.3, 0.4) is 0 Å². The van der Waals surface area contributed by atoms with Crippen LogP contribution in [0.5, 0.6) is 0 Å². The number of hydrogen-bond acceptors (Lipinski definition) is 2. The van der Waals surface area contributed by atoms with E-state index in [2.05, 4.69) is 0 Å². The Morgan fingerprint density at radius 1 is 0.643 bits per heavy atom. The van der Waals surface area contributed by atoms with Crippen molar-refractivity contribution in [2.75, 3.05) is 13.2 Å². The Balaban J connectivity index is -0.0000000625. The number of halogens is 6. The van der Waals surface area contributed by atoms with E-state index in [1.807, 2.05) is 0 Å². The summed E-state index contributed by atoms with van der Waals surface area (Å²) in [5.74, 6) is 0. The Morgan fingerprint density at radius 2 is 0.714 bits per heavy atom. The third-order valence-corrected chi connectivity index (χ3v) is 0.327. The van der Waals surface area contributed by atoms with Crippen molar-refractivity contribution in [2.24, 2.45) is 0 Å². The normalized spacial score (nSPS) is 10.3. The predicted octanol–water partition coefficient (Wildman–Crippen LogP) is -6.17. The molecular formula is C4H4F6Na2O2. The zero-order valence-corrected chi connectivity index (χ0v) is 11.5. The fraction of sp³-hybridized carbons (Fsp3) is 1.00. The molecule has 0 N–H and O–H groups in total. The van der Waals surface area contributed by atoms with Crippen molar-refractivity contribution in [3.8, 4) is 0 Å². The predicted molar refractivity (Wildman–Crippen MR) is 21.8 cm³/mol. The smallest absolute Gasteiger partial charge is 0.848 e. The Bertz CT molecular complexity index is 99.4. The van der Waals surface area contributed by atoms with Gasteiger partial charge in [0.2, 0.25) is 0 Å². The van der Waals surface area contributed by atoms with Crippen LogP contribution in [0, 0.1) is 0 Å². The van der Waals surface area contributed by atoms with E-state index in [0.29, 0.717) is 0 Å². The van der Waals surface area contributed by atoms with Crippen LogP contribution < -0.4 is 69.3 Å². The van der Waals surface area contributed by atoms with Crippen molar-refractivity contribution in [1.82, 2.24) is 0 Å². The van der Waals surface area contributed by atoms with Crippen LogP contribution in [-0.2, 0) is 0 Å². The average Bonchev–Trinajstić information content (AvgIpc) is 1.86. The summed E-state index contributed by atoms with van der Waals surface area (Å²) >= 11 is 0. The van der Waals surface area contributed by atoms with Crippen molar-refractivity contribution in [3.63, 3.8) is 0 Å². The van der Waals surface area contributed by atoms with Gasteiger partial charge in [-0.2, -0.15) is 26.3 Å². The fourth-order valence-corrected chi connectivity index (χ4v) is 0. The zero-order valence-electron chi connectivity index (χ0n) is 7.50. The van der Waals surface area contributed by atoms with Crippen LogP contribution in [-0.4, -0.2) is 25.6 Å². The minimum atomic E-state index is -4.51. The first kappa shape index (κ1) is 24.6. The van der Waals surface area contributed by atoms with E-state index in [4.69, 9.17) is 10.2 Å². The van der Waals surface area contributed by atoms with Crippen molar-refractivity contribution in [3.05, 3.63) is 0 Å². The van der Waals surface area contributed by atoms with Gasteiger partial charge in [-0.3, -0.25) is 0 Å². The second kappa shape index (κ2) is 11.0. The summed E-state index contributed by atoms with van der Waals surface area (Å²) in [6.45, 7) is -3.96. The van der Waals surface area contributed by atoms with E-state index in [1.165, 1.54) is 0 Å². The van der Waals surface area contributed by atoms with Crippen LogP contribution in [0.1, 0.15) is 0 Å². The van der Waals surface area contributed by atoms with Crippen molar-refractivity contribution >= 4 is 0 Å². The van der Waals surface area contributed by atoms with Crippen LogP contribution in [0.4, 0.5) is 26.3 Å². The molecule has 76 valence electrons. The third kappa shape index (κ3) is 37.5. The first-order chi connectivity index (χ1) is 5.12. The molecule has 0 aliphatic carbocycles. The molecule has 0 spiro atoms. The molecule has 0 rings (SSSR count). The molecule has 0 bridgehead atoms. The Morgan fingerprint density at radius 3 is 0.714 bits per heavy atom. The van der Waals surface area contributed by atoms with Crippen molar-refractivity contribution < 1.29 is 95.7 Å². The third-order valence-electron chi connectivity index (χ3n) is 0.327. The van der Waals surface area contributed by atoms with Gasteiger partial charge in [0.1, 0.15) is 0 Å². The van der Waals surface area contributed by atoms with E-state index in [-0.39, 0.29) is 59.1 Å². The summed E-state index contributed by atoms with van der Waals surface area (Å²) < 4.78 is 62.8. The Hall–Kier alpha value is 1.50. The maximum absolute atomic E-state index is 10.5. The molecule has 0 aromatic carbocycles. The van der Waals surface area contributed by atoms with Gasteiger partial charge >= 0.3 is 71.5 Å². The Labute approximate surface area is 120 Å². The summed E-state index contributed by atoms with van der Waals surface area (Å²) in [4.78, 5) is 0. The molecule has 0 heterocycles. The topological polar surface area (TPSA) is 46.1 Å². The van der Waals surface area contributed by atoms with Gasteiger partial charge in [0.25, 0.3) is 0 Å². The van der Waals surface area contributed by atoms with Gasteiger partial charge < -0.3 is 10.2 Å². The first-order valence-corrected chi connectivity index (χ1v) is 2.42. The molecule has 0 unspecified atom stereocenters. The van der Waals surface area contributed by atoms with E-state index >= 15 is 0 Å². The molecule has 2 nitrogen and oxygen atoms in total. The molecule has 0 saturated heterocycles. The molecule has 0 saturated carbocycles. The summed E-state index contributed by atoms with van der Waals surface area (Å²) in [6.07, 6.45) is -9.03. The standard InChI is InChI=1S/2C2H2F3O.2Na/c2*3-2(4,5)1-6;;/h2*1H2;;/q2*-1;2*+1. The second-order valence-corrected chi connectivity index (χ2v) is 1.52. The molecule has 0 fully saturated rings. The second-order valence-electron chi connectivity index (χ2n) is 1.52. The molecule has 0 aliphatic rings. The summed E-state index contributed by atoms with van der Waals surface area (Å²) in [7, 11) is 0. The molecule has 0 aliphatic heterocycles. The van der Waals surface area contributed by atoms with Gasteiger partial charge in [-0.05, 0) is 13.2 Å². The number of hydrogen-bond donors (Lipinski definition) is 0. The molecule has 0 atom stereocenters. The van der Waals surface area contributed by atoms with E-state index in [9.17, 15) is 26.3 Å². The minimum Gasteiger partial charge on any atom is -0.848 e. The maximum atomic E-state index is 10.5. The van der Waals surface area contributed by atoms with Gasteiger partial charge in [-0.1, -0.05) is 0 Å². The van der Waals surface area contributed by atoms with E-state index in [1.54, 1.807) is 0 Å². The molecule has 0 aromatic rings. The molecule has 14 heavy (non-hydrogen) atoms. The summed E-state index contributed by atoms with van der Waals surface area (Å²) in [5.41, 5.74) is 0. The van der Waals surface area contributed by atoms with Gasteiger partial charge in [-0.15, -0.1) is 0 Å². The van der Waals surface area contributed by atoms with Gasteiger partial charge in [0, 0.05) is 0 Å². The minimum absolute atomic E-state index is 0. The SMILES string of the molecule is [Na+].[Na+].[O-]CC(F)(F)F.[O-]CC(F)(F)F. The van der Waals surface area contributed by atoms with E-state index in [0.717, 1.165) is 0 Å². The van der Waals surface area contributed by atoms with Crippen LogP contribution >= 0.6 is 0 Å². The van der Waals surface area contributed by atoms with Gasteiger partial charge in [0.15, 0.2) is 0 Å². The van der Waals surface area contributed by atoms with Crippen LogP contribution in [0.2, 0.25) is 0 Å². The molecule has 0 aromatic heterocycles. The quantitative estimate of drug-likeness (QED) is 0.314. The van der Waals surface area contributed by atoms with Crippen molar-refractivity contribution in [2.45, 2.75) is 12.4 Å². The first-order valence-electron chi connectivity index (χ1n) is 2.42. The molecule has 0 radical (unpaired) electrons. The maximum Gasteiger partial charge on any atom is 1.00 e. The Kier molecular flexibility index (Phi) is 19.4. The van der Waals surface area contributed by atoms with Gasteiger partial charge in [-0.25, -0.2) is 0 Å². The summed E-state index contributed by atoms with van der Waals surface area (Å²) in [5, 5.41) is 17.7. The van der Waals surface area contributed by atoms with Crippen molar-refractivity contribution in [1.29, 1.82) is 0 Å².